The third kappa shape index (κ3) is 5.55. The number of phenols is 1. The average Bonchev–Trinajstić information content (AvgIpc) is 2.74. The van der Waals surface area contributed by atoms with E-state index in [0.29, 0.717) is 44.1 Å². The molecule has 1 saturated heterocycles. The Morgan fingerprint density at radius 3 is 2.59 bits per heavy atom. The van der Waals surface area contributed by atoms with Crippen molar-refractivity contribution in [3.8, 4) is 11.5 Å². The first-order chi connectivity index (χ1) is 14.0. The van der Waals surface area contributed by atoms with Crippen LogP contribution in [-0.2, 0) is 16.1 Å². The van der Waals surface area contributed by atoms with Gasteiger partial charge in [0.2, 0.25) is 5.91 Å². The number of ether oxygens (including phenoxy) is 2. The van der Waals surface area contributed by atoms with E-state index in [1.165, 1.54) is 13.5 Å². The standard InChI is InChI=1S/C22H32N2O5/c1-15-5-3-4-6-19(15)29-22(27)24-11-9-17(10-12-24)21(26)23-14-16-7-8-18(25)20(13-16)28-2/h7-8,13,15,17,19,25H,3-6,9-12,14H2,1-2H3,(H,23,26)/t15-,19-/m1/s1. The number of aromatic hydroxyl groups is 1. The zero-order valence-corrected chi connectivity index (χ0v) is 17.4. The molecule has 0 unspecified atom stereocenters. The van der Waals surface area contributed by atoms with Crippen LogP contribution in [0.1, 0.15) is 51.0 Å². The van der Waals surface area contributed by atoms with Crippen LogP contribution in [0.15, 0.2) is 18.2 Å². The van der Waals surface area contributed by atoms with Crippen molar-refractivity contribution in [3.63, 3.8) is 0 Å². The van der Waals surface area contributed by atoms with E-state index < -0.39 is 0 Å². The van der Waals surface area contributed by atoms with Crippen molar-refractivity contribution in [3.05, 3.63) is 23.8 Å². The Balaban J connectivity index is 1.42. The summed E-state index contributed by atoms with van der Waals surface area (Å²) < 4.78 is 10.8. The maximum Gasteiger partial charge on any atom is 0.410 e. The van der Waals surface area contributed by atoms with E-state index >= 15 is 0 Å². The molecule has 3 rings (SSSR count). The van der Waals surface area contributed by atoms with Gasteiger partial charge in [-0.3, -0.25) is 4.79 Å². The summed E-state index contributed by atoms with van der Waals surface area (Å²) in [5, 5.41) is 12.6. The van der Waals surface area contributed by atoms with Crippen LogP contribution in [0.5, 0.6) is 11.5 Å². The van der Waals surface area contributed by atoms with Crippen LogP contribution in [0.2, 0.25) is 0 Å². The molecule has 2 aliphatic rings. The second-order valence-corrected chi connectivity index (χ2v) is 8.17. The molecule has 160 valence electrons. The highest BCUT2D eigenvalue weighted by Gasteiger charge is 2.31. The molecule has 2 N–H and O–H groups in total. The average molecular weight is 405 g/mol. The maximum absolute atomic E-state index is 12.5. The topological polar surface area (TPSA) is 88.1 Å². The largest absolute Gasteiger partial charge is 0.504 e. The van der Waals surface area contributed by atoms with Crippen molar-refractivity contribution in [2.24, 2.45) is 11.8 Å². The van der Waals surface area contributed by atoms with E-state index in [1.807, 2.05) is 0 Å². The molecule has 0 spiro atoms. The van der Waals surface area contributed by atoms with Gasteiger partial charge in [-0.2, -0.15) is 0 Å². The van der Waals surface area contributed by atoms with Gasteiger partial charge in [0.15, 0.2) is 11.5 Å². The Morgan fingerprint density at radius 2 is 1.90 bits per heavy atom. The minimum Gasteiger partial charge on any atom is -0.504 e. The summed E-state index contributed by atoms with van der Waals surface area (Å²) in [5.74, 6) is 0.771. The molecule has 29 heavy (non-hydrogen) atoms. The lowest BCUT2D eigenvalue weighted by Crippen LogP contribution is -2.44. The summed E-state index contributed by atoms with van der Waals surface area (Å²) in [6.07, 6.45) is 5.48. The molecule has 1 saturated carbocycles. The van der Waals surface area contributed by atoms with E-state index in [1.54, 1.807) is 23.1 Å². The Hall–Kier alpha value is -2.44. The van der Waals surface area contributed by atoms with Gasteiger partial charge in [0.05, 0.1) is 7.11 Å². The lowest BCUT2D eigenvalue weighted by Gasteiger charge is -2.34. The Kier molecular flexibility index (Phi) is 7.23. The third-order valence-electron chi connectivity index (χ3n) is 6.12. The monoisotopic (exact) mass is 404 g/mol. The third-order valence-corrected chi connectivity index (χ3v) is 6.12. The minimum atomic E-state index is -0.237. The van der Waals surface area contributed by atoms with E-state index in [4.69, 9.17) is 9.47 Å². The summed E-state index contributed by atoms with van der Waals surface area (Å²) in [4.78, 5) is 26.7. The lowest BCUT2D eigenvalue weighted by atomic mass is 9.88. The highest BCUT2D eigenvalue weighted by atomic mass is 16.6. The Bertz CT molecular complexity index is 715. The predicted molar refractivity (Wildman–Crippen MR) is 109 cm³/mol. The van der Waals surface area contributed by atoms with Gasteiger partial charge in [0.1, 0.15) is 6.10 Å². The highest BCUT2D eigenvalue weighted by Crippen LogP contribution is 2.28. The van der Waals surface area contributed by atoms with Gasteiger partial charge in [0, 0.05) is 25.6 Å². The van der Waals surface area contributed by atoms with Crippen LogP contribution in [0.4, 0.5) is 4.79 Å². The molecule has 0 radical (unpaired) electrons. The number of hydrogen-bond donors (Lipinski definition) is 2. The Labute approximate surface area is 172 Å². The maximum atomic E-state index is 12.5. The predicted octanol–water partition coefficient (Wildman–Crippen LogP) is 3.44. The fraction of sp³-hybridized carbons (Fsp3) is 0.636. The molecular weight excluding hydrogens is 372 g/mol. The molecular formula is C22H32N2O5. The number of phenolic OH excluding ortho intramolecular Hbond substituents is 1. The summed E-state index contributed by atoms with van der Waals surface area (Å²) in [7, 11) is 1.49. The fourth-order valence-electron chi connectivity index (χ4n) is 4.15. The number of benzene rings is 1. The molecule has 1 heterocycles. The molecule has 0 bridgehead atoms. The van der Waals surface area contributed by atoms with Gasteiger partial charge in [-0.1, -0.05) is 19.4 Å². The number of nitrogens with one attached hydrogen (secondary N) is 1. The fourth-order valence-corrected chi connectivity index (χ4v) is 4.15. The molecule has 1 aromatic carbocycles. The van der Waals surface area contributed by atoms with E-state index in [0.717, 1.165) is 24.8 Å². The normalized spacial score (nSPS) is 22.8. The van der Waals surface area contributed by atoms with E-state index in [9.17, 15) is 14.7 Å². The van der Waals surface area contributed by atoms with Crippen LogP contribution in [-0.4, -0.2) is 48.3 Å². The van der Waals surface area contributed by atoms with Gasteiger partial charge in [-0.25, -0.2) is 4.79 Å². The summed E-state index contributed by atoms with van der Waals surface area (Å²) >= 11 is 0. The number of hydrogen-bond acceptors (Lipinski definition) is 5. The van der Waals surface area contributed by atoms with Gasteiger partial charge >= 0.3 is 6.09 Å². The number of carbonyl (C=O) groups is 2. The zero-order valence-electron chi connectivity index (χ0n) is 17.4. The second-order valence-electron chi connectivity index (χ2n) is 8.17. The molecule has 1 aliphatic heterocycles. The number of rotatable bonds is 5. The van der Waals surface area contributed by atoms with Crippen molar-refractivity contribution in [2.75, 3.05) is 20.2 Å². The van der Waals surface area contributed by atoms with Gasteiger partial charge < -0.3 is 24.8 Å². The zero-order chi connectivity index (χ0) is 20.8. The first-order valence-electron chi connectivity index (χ1n) is 10.6. The number of amides is 2. The van der Waals surface area contributed by atoms with E-state index in [-0.39, 0.29) is 29.8 Å². The van der Waals surface area contributed by atoms with Gasteiger partial charge in [-0.05, 0) is 55.7 Å². The van der Waals surface area contributed by atoms with Crippen molar-refractivity contribution in [2.45, 2.75) is 58.1 Å². The lowest BCUT2D eigenvalue weighted by molar-refractivity contribution is -0.126. The first kappa shape index (κ1) is 21.3. The second kappa shape index (κ2) is 9.85. The van der Waals surface area contributed by atoms with Crippen molar-refractivity contribution >= 4 is 12.0 Å². The van der Waals surface area contributed by atoms with E-state index in [2.05, 4.69) is 12.2 Å². The number of methoxy groups -OCH3 is 1. The van der Waals surface area contributed by atoms with Gasteiger partial charge in [0.25, 0.3) is 0 Å². The number of carbonyl (C=O) groups excluding carboxylic acids is 2. The molecule has 0 aromatic heterocycles. The molecule has 1 aromatic rings. The summed E-state index contributed by atoms with van der Waals surface area (Å²) in [6.45, 7) is 3.62. The van der Waals surface area contributed by atoms with Crippen molar-refractivity contribution in [1.29, 1.82) is 0 Å². The molecule has 2 fully saturated rings. The summed E-state index contributed by atoms with van der Waals surface area (Å²) in [6, 6.07) is 5.01. The minimum absolute atomic E-state index is 0.00837. The van der Waals surface area contributed by atoms with Crippen LogP contribution < -0.4 is 10.1 Å². The van der Waals surface area contributed by atoms with Gasteiger partial charge in [-0.15, -0.1) is 0 Å². The molecule has 2 amide bonds. The van der Waals surface area contributed by atoms with Crippen LogP contribution in [0.25, 0.3) is 0 Å². The van der Waals surface area contributed by atoms with Crippen LogP contribution in [0.3, 0.4) is 0 Å². The molecule has 1 aliphatic carbocycles. The smallest absolute Gasteiger partial charge is 0.410 e. The van der Waals surface area contributed by atoms with Crippen LogP contribution in [0, 0.1) is 11.8 Å². The first-order valence-corrected chi connectivity index (χ1v) is 10.6. The quantitative estimate of drug-likeness (QED) is 0.785. The highest BCUT2D eigenvalue weighted by molar-refractivity contribution is 5.79. The number of likely N-dealkylation sites (tertiary alicyclic amines) is 1. The van der Waals surface area contributed by atoms with Crippen LogP contribution >= 0.6 is 0 Å². The molecule has 7 nitrogen and oxygen atoms in total. The summed E-state index contributed by atoms with van der Waals surface area (Å²) in [5.41, 5.74) is 0.857. The SMILES string of the molecule is COc1cc(CNC(=O)C2CCN(C(=O)O[C@@H]3CCCC[C@H]3C)CC2)ccc1O. The number of nitrogens with zero attached hydrogens (tertiary/aromatic N) is 1. The Morgan fingerprint density at radius 1 is 1.17 bits per heavy atom. The number of piperidine rings is 1. The molecule has 2 atom stereocenters. The molecule has 7 heteroatoms. The van der Waals surface area contributed by atoms with Crippen molar-refractivity contribution in [1.82, 2.24) is 10.2 Å². The van der Waals surface area contributed by atoms with Crippen molar-refractivity contribution < 1.29 is 24.2 Å².